The first-order valence-electron chi connectivity index (χ1n) is 4.03. The molecule has 1 aromatic heterocycles. The largest absolute Gasteiger partial charge is 0.464 e. The second-order valence-corrected chi connectivity index (χ2v) is 2.78. The van der Waals surface area contributed by atoms with Gasteiger partial charge in [-0.3, -0.25) is 4.79 Å². The van der Waals surface area contributed by atoms with Crippen molar-refractivity contribution in [1.82, 2.24) is 0 Å². The Labute approximate surface area is 79.1 Å². The molecule has 0 spiro atoms. The van der Waals surface area contributed by atoms with Crippen molar-refractivity contribution in [3.05, 3.63) is 35.8 Å². The van der Waals surface area contributed by atoms with Gasteiger partial charge in [-0.2, -0.15) is 0 Å². The van der Waals surface area contributed by atoms with Crippen LogP contribution in [0.5, 0.6) is 0 Å². The molecular weight excluding hydrogens is 187 g/mol. The molecule has 0 aliphatic rings. The van der Waals surface area contributed by atoms with Crippen molar-refractivity contribution in [2.24, 2.45) is 0 Å². The molecule has 2 rings (SSSR count). The Morgan fingerprint density at radius 1 is 1.50 bits per heavy atom. The zero-order chi connectivity index (χ0) is 9.97. The number of rotatable bonds is 3. The van der Waals surface area contributed by atoms with E-state index < -0.39 is 0 Å². The molecule has 0 radical (unpaired) electrons. The fourth-order valence-electron chi connectivity index (χ4n) is 1.34. The molecule has 0 amide bonds. The number of hydrogen-bond donors (Lipinski definition) is 0. The van der Waals surface area contributed by atoms with E-state index in [9.17, 15) is 9.18 Å². The van der Waals surface area contributed by atoms with Gasteiger partial charge in [0.25, 0.3) is 6.47 Å². The van der Waals surface area contributed by atoms with Gasteiger partial charge in [0.1, 0.15) is 18.0 Å². The van der Waals surface area contributed by atoms with Crippen molar-refractivity contribution in [1.29, 1.82) is 0 Å². The van der Waals surface area contributed by atoms with E-state index in [0.29, 0.717) is 23.0 Å². The topological polar surface area (TPSA) is 39.4 Å². The molecule has 1 heterocycles. The summed E-state index contributed by atoms with van der Waals surface area (Å²) in [7, 11) is 0. The highest BCUT2D eigenvalue weighted by molar-refractivity contribution is 5.81. The molecule has 1 aromatic carbocycles. The minimum absolute atomic E-state index is 0.0252. The van der Waals surface area contributed by atoms with Crippen LogP contribution in [0.1, 0.15) is 5.56 Å². The Kier molecular flexibility index (Phi) is 2.18. The van der Waals surface area contributed by atoms with Gasteiger partial charge < -0.3 is 9.15 Å². The fourth-order valence-corrected chi connectivity index (χ4v) is 1.34. The van der Waals surface area contributed by atoms with Crippen LogP contribution in [0.3, 0.4) is 0 Å². The third kappa shape index (κ3) is 1.35. The van der Waals surface area contributed by atoms with E-state index in [1.54, 1.807) is 12.1 Å². The molecule has 0 N–H and O–H groups in total. The lowest BCUT2D eigenvalue weighted by Crippen LogP contribution is -1.89. The summed E-state index contributed by atoms with van der Waals surface area (Å²) in [6.45, 7) is 0.344. The van der Waals surface area contributed by atoms with E-state index in [1.807, 2.05) is 0 Å². The van der Waals surface area contributed by atoms with Crippen LogP contribution in [0, 0.1) is 5.82 Å². The Hall–Kier alpha value is -1.84. The van der Waals surface area contributed by atoms with E-state index >= 15 is 0 Å². The van der Waals surface area contributed by atoms with Gasteiger partial charge in [-0.25, -0.2) is 4.39 Å². The van der Waals surface area contributed by atoms with Crippen molar-refractivity contribution in [2.75, 3.05) is 0 Å². The van der Waals surface area contributed by atoms with Gasteiger partial charge >= 0.3 is 0 Å². The van der Waals surface area contributed by atoms with Gasteiger partial charge in [0.05, 0.1) is 11.6 Å². The molecular formula is C10H7FO3. The molecule has 0 atom stereocenters. The number of halogens is 1. The summed E-state index contributed by atoms with van der Waals surface area (Å²) in [6.07, 6.45) is 1.39. The molecule has 0 fully saturated rings. The van der Waals surface area contributed by atoms with E-state index in [1.165, 1.54) is 12.3 Å². The van der Waals surface area contributed by atoms with Crippen LogP contribution in [0.15, 0.2) is 28.9 Å². The van der Waals surface area contributed by atoms with Crippen LogP contribution >= 0.6 is 0 Å². The lowest BCUT2D eigenvalue weighted by atomic mass is 10.2. The van der Waals surface area contributed by atoms with Gasteiger partial charge in [0, 0.05) is 5.56 Å². The standard InChI is InChI=1S/C10H7FO3/c11-8-2-1-3-9-10(8)7(5-14-9)4-13-6-12/h1-3,5-6H,4H2. The molecule has 14 heavy (non-hydrogen) atoms. The fraction of sp³-hybridized carbons (Fsp3) is 0.100. The lowest BCUT2D eigenvalue weighted by molar-refractivity contribution is -0.129. The van der Waals surface area contributed by atoms with Crippen LogP contribution < -0.4 is 0 Å². The van der Waals surface area contributed by atoms with Gasteiger partial charge in [0.15, 0.2) is 0 Å². The molecule has 0 aliphatic heterocycles. The average molecular weight is 194 g/mol. The summed E-state index contributed by atoms with van der Waals surface area (Å²) in [5.74, 6) is -0.374. The van der Waals surface area contributed by atoms with Crippen LogP contribution in [0.25, 0.3) is 11.0 Å². The van der Waals surface area contributed by atoms with Crippen molar-refractivity contribution in [3.8, 4) is 0 Å². The summed E-state index contributed by atoms with van der Waals surface area (Å²) < 4.78 is 22.9. The maximum Gasteiger partial charge on any atom is 0.293 e. The molecule has 0 saturated carbocycles. The molecule has 0 bridgehead atoms. The zero-order valence-electron chi connectivity index (χ0n) is 7.20. The van der Waals surface area contributed by atoms with Crippen LogP contribution in [-0.2, 0) is 16.1 Å². The van der Waals surface area contributed by atoms with E-state index in [4.69, 9.17) is 4.42 Å². The molecule has 4 heteroatoms. The smallest absolute Gasteiger partial charge is 0.293 e. The number of benzene rings is 1. The van der Waals surface area contributed by atoms with Crippen molar-refractivity contribution >= 4 is 17.4 Å². The first kappa shape index (κ1) is 8.74. The van der Waals surface area contributed by atoms with E-state index in [0.717, 1.165) is 0 Å². The van der Waals surface area contributed by atoms with Gasteiger partial charge in [-0.1, -0.05) is 6.07 Å². The van der Waals surface area contributed by atoms with Crippen molar-refractivity contribution in [3.63, 3.8) is 0 Å². The zero-order valence-corrected chi connectivity index (χ0v) is 7.20. The minimum Gasteiger partial charge on any atom is -0.464 e. The highest BCUT2D eigenvalue weighted by Gasteiger charge is 2.09. The number of furan rings is 1. The maximum atomic E-state index is 13.3. The number of carbonyl (C=O) groups is 1. The lowest BCUT2D eigenvalue weighted by Gasteiger charge is -1.96. The van der Waals surface area contributed by atoms with Crippen LogP contribution in [0.2, 0.25) is 0 Å². The highest BCUT2D eigenvalue weighted by Crippen LogP contribution is 2.24. The van der Waals surface area contributed by atoms with E-state index in [2.05, 4.69) is 4.74 Å². The van der Waals surface area contributed by atoms with Gasteiger partial charge in [-0.05, 0) is 12.1 Å². The molecule has 0 unspecified atom stereocenters. The minimum atomic E-state index is -0.374. The summed E-state index contributed by atoms with van der Waals surface area (Å²) in [5, 5.41) is 0.370. The van der Waals surface area contributed by atoms with E-state index in [-0.39, 0.29) is 12.4 Å². The first-order chi connectivity index (χ1) is 6.83. The quantitative estimate of drug-likeness (QED) is 0.703. The summed E-state index contributed by atoms with van der Waals surface area (Å²) in [4.78, 5) is 9.97. The Bertz CT molecular complexity index is 461. The Morgan fingerprint density at radius 3 is 3.14 bits per heavy atom. The molecule has 0 aliphatic carbocycles. The predicted octanol–water partition coefficient (Wildman–Crippen LogP) is 2.24. The van der Waals surface area contributed by atoms with Gasteiger partial charge in [0.2, 0.25) is 0 Å². The molecule has 0 saturated heterocycles. The SMILES string of the molecule is O=COCc1coc2cccc(F)c12. The third-order valence-electron chi connectivity index (χ3n) is 1.93. The Morgan fingerprint density at radius 2 is 2.36 bits per heavy atom. The summed E-state index contributed by atoms with van der Waals surface area (Å²) in [6, 6.07) is 4.55. The van der Waals surface area contributed by atoms with Crippen LogP contribution in [0.4, 0.5) is 4.39 Å². The number of hydrogen-bond acceptors (Lipinski definition) is 3. The van der Waals surface area contributed by atoms with Gasteiger partial charge in [-0.15, -0.1) is 0 Å². The molecule has 72 valence electrons. The van der Waals surface area contributed by atoms with Crippen molar-refractivity contribution < 1.29 is 18.3 Å². The van der Waals surface area contributed by atoms with Crippen LogP contribution in [-0.4, -0.2) is 6.47 Å². The summed E-state index contributed by atoms with van der Waals surface area (Å²) in [5.41, 5.74) is 0.986. The first-order valence-corrected chi connectivity index (χ1v) is 4.03. The average Bonchev–Trinajstić information content (AvgIpc) is 2.59. The highest BCUT2D eigenvalue weighted by atomic mass is 19.1. The maximum absolute atomic E-state index is 13.3. The third-order valence-corrected chi connectivity index (χ3v) is 1.93. The monoisotopic (exact) mass is 194 g/mol. The second-order valence-electron chi connectivity index (χ2n) is 2.78. The molecule has 2 aromatic rings. The molecule has 3 nitrogen and oxygen atoms in total. The normalized spacial score (nSPS) is 10.4. The van der Waals surface area contributed by atoms with Crippen molar-refractivity contribution in [2.45, 2.75) is 6.61 Å². The number of ether oxygens (including phenoxy) is 1. The predicted molar refractivity (Wildman–Crippen MR) is 47.0 cm³/mol. The Balaban J connectivity index is 2.50. The number of fused-ring (bicyclic) bond motifs is 1. The summed E-state index contributed by atoms with van der Waals surface area (Å²) >= 11 is 0. The second kappa shape index (κ2) is 3.49. The number of carbonyl (C=O) groups excluding carboxylic acids is 1.